The number of carbonyl (C=O) groups is 1. The second kappa shape index (κ2) is 5.97. The van der Waals surface area contributed by atoms with Crippen LogP contribution in [0.2, 0.25) is 5.02 Å². The minimum absolute atomic E-state index is 0.132. The van der Waals surface area contributed by atoms with Crippen LogP contribution in [-0.2, 0) is 11.3 Å². The lowest BCUT2D eigenvalue weighted by atomic mass is 9.71. The molecule has 2 unspecified atom stereocenters. The molecule has 20 heavy (non-hydrogen) atoms. The van der Waals surface area contributed by atoms with E-state index >= 15 is 0 Å². The van der Waals surface area contributed by atoms with E-state index in [2.05, 4.69) is 10.3 Å². The molecule has 0 aliphatic heterocycles. The molecule has 6 heteroatoms. The SMILES string of the molecule is CC1(C(=O)O)CCCCC1NCc1cc(Cl)c[nH]c1=O. The molecule has 1 aliphatic rings. The predicted molar refractivity (Wildman–Crippen MR) is 76.9 cm³/mol. The average molecular weight is 299 g/mol. The standard InChI is InChI=1S/C14H19ClN2O3/c1-14(13(19)20)5-3-2-4-11(14)16-7-9-6-10(15)8-17-12(9)18/h6,8,11,16H,2-5,7H2,1H3,(H,17,18)(H,19,20). The minimum atomic E-state index is -0.783. The largest absolute Gasteiger partial charge is 0.481 e. The van der Waals surface area contributed by atoms with Gasteiger partial charge in [0.1, 0.15) is 0 Å². The van der Waals surface area contributed by atoms with E-state index in [0.29, 0.717) is 23.6 Å². The highest BCUT2D eigenvalue weighted by Crippen LogP contribution is 2.36. The number of hydrogen-bond donors (Lipinski definition) is 3. The van der Waals surface area contributed by atoms with Crippen molar-refractivity contribution >= 4 is 17.6 Å². The highest BCUT2D eigenvalue weighted by molar-refractivity contribution is 6.30. The average Bonchev–Trinajstić information content (AvgIpc) is 2.41. The Morgan fingerprint density at radius 1 is 1.60 bits per heavy atom. The number of aromatic nitrogens is 1. The van der Waals surface area contributed by atoms with Gasteiger partial charge in [0.05, 0.1) is 10.4 Å². The van der Waals surface area contributed by atoms with Crippen LogP contribution in [0.25, 0.3) is 0 Å². The summed E-state index contributed by atoms with van der Waals surface area (Å²) in [5, 5.41) is 13.1. The molecule has 110 valence electrons. The van der Waals surface area contributed by atoms with Crippen LogP contribution in [0.4, 0.5) is 0 Å². The summed E-state index contributed by atoms with van der Waals surface area (Å²) in [7, 11) is 0. The van der Waals surface area contributed by atoms with Gasteiger partial charge in [-0.1, -0.05) is 24.4 Å². The van der Waals surface area contributed by atoms with Crippen molar-refractivity contribution in [3.8, 4) is 0 Å². The summed E-state index contributed by atoms with van der Waals surface area (Å²) in [6.45, 7) is 2.10. The number of carboxylic acid groups (broad SMARTS) is 1. The Balaban J connectivity index is 2.10. The Hall–Kier alpha value is -1.33. The number of aromatic amines is 1. The highest BCUT2D eigenvalue weighted by atomic mass is 35.5. The lowest BCUT2D eigenvalue weighted by molar-refractivity contribution is -0.151. The second-order valence-electron chi connectivity index (χ2n) is 5.57. The molecule has 1 saturated carbocycles. The van der Waals surface area contributed by atoms with Gasteiger partial charge in [-0.15, -0.1) is 0 Å². The Bertz CT molecular complexity index is 558. The first-order chi connectivity index (χ1) is 9.43. The van der Waals surface area contributed by atoms with Gasteiger partial charge in [-0.2, -0.15) is 0 Å². The van der Waals surface area contributed by atoms with Gasteiger partial charge in [0.15, 0.2) is 0 Å². The van der Waals surface area contributed by atoms with Crippen LogP contribution in [0.15, 0.2) is 17.1 Å². The number of halogens is 1. The third-order valence-electron chi connectivity index (χ3n) is 4.18. The molecule has 0 spiro atoms. The Morgan fingerprint density at radius 2 is 2.35 bits per heavy atom. The predicted octanol–water partition coefficient (Wildman–Crippen LogP) is 2.15. The molecule has 0 saturated heterocycles. The number of rotatable bonds is 4. The molecule has 0 aromatic carbocycles. The van der Waals surface area contributed by atoms with Crippen molar-refractivity contribution in [2.24, 2.45) is 5.41 Å². The molecular weight excluding hydrogens is 280 g/mol. The summed E-state index contributed by atoms with van der Waals surface area (Å²) in [4.78, 5) is 25.7. The first-order valence-corrected chi connectivity index (χ1v) is 7.15. The van der Waals surface area contributed by atoms with Crippen LogP contribution < -0.4 is 10.9 Å². The number of carboxylic acids is 1. The lowest BCUT2D eigenvalue weighted by Crippen LogP contribution is -2.50. The molecule has 1 aromatic rings. The monoisotopic (exact) mass is 298 g/mol. The zero-order valence-corrected chi connectivity index (χ0v) is 12.2. The van der Waals surface area contributed by atoms with Gasteiger partial charge in [-0.3, -0.25) is 9.59 Å². The summed E-state index contributed by atoms with van der Waals surface area (Å²) < 4.78 is 0. The maximum Gasteiger partial charge on any atom is 0.310 e. The van der Waals surface area contributed by atoms with Crippen molar-refractivity contribution in [3.63, 3.8) is 0 Å². The van der Waals surface area contributed by atoms with Crippen molar-refractivity contribution < 1.29 is 9.90 Å². The number of H-pyrrole nitrogens is 1. The third-order valence-corrected chi connectivity index (χ3v) is 4.40. The van der Waals surface area contributed by atoms with E-state index in [1.807, 2.05) is 0 Å². The van der Waals surface area contributed by atoms with E-state index in [1.165, 1.54) is 6.20 Å². The van der Waals surface area contributed by atoms with Gasteiger partial charge in [-0.25, -0.2) is 0 Å². The van der Waals surface area contributed by atoms with Crippen molar-refractivity contribution in [1.82, 2.24) is 10.3 Å². The summed E-state index contributed by atoms with van der Waals surface area (Å²) >= 11 is 5.85. The first kappa shape index (κ1) is 15.1. The maximum absolute atomic E-state index is 11.7. The molecule has 0 bridgehead atoms. The van der Waals surface area contributed by atoms with Crippen molar-refractivity contribution in [2.45, 2.75) is 45.2 Å². The van der Waals surface area contributed by atoms with Gasteiger partial charge in [0.25, 0.3) is 5.56 Å². The third kappa shape index (κ3) is 3.04. The van der Waals surface area contributed by atoms with Crippen LogP contribution in [0.3, 0.4) is 0 Å². The van der Waals surface area contributed by atoms with E-state index in [0.717, 1.165) is 19.3 Å². The maximum atomic E-state index is 11.7. The van der Waals surface area contributed by atoms with E-state index in [4.69, 9.17) is 11.6 Å². The normalized spacial score (nSPS) is 26.4. The van der Waals surface area contributed by atoms with Gasteiger partial charge in [0.2, 0.25) is 0 Å². The van der Waals surface area contributed by atoms with Gasteiger partial charge >= 0.3 is 5.97 Å². The van der Waals surface area contributed by atoms with Crippen LogP contribution in [-0.4, -0.2) is 22.1 Å². The van der Waals surface area contributed by atoms with E-state index in [1.54, 1.807) is 13.0 Å². The molecule has 0 amide bonds. The van der Waals surface area contributed by atoms with Crippen molar-refractivity contribution in [3.05, 3.63) is 33.2 Å². The molecule has 2 rings (SSSR count). The fourth-order valence-corrected chi connectivity index (χ4v) is 2.97. The molecule has 3 N–H and O–H groups in total. The quantitative estimate of drug-likeness (QED) is 0.795. The fourth-order valence-electron chi connectivity index (χ4n) is 2.78. The molecular formula is C14H19ClN2O3. The zero-order chi connectivity index (χ0) is 14.8. The molecule has 5 nitrogen and oxygen atoms in total. The lowest BCUT2D eigenvalue weighted by Gasteiger charge is -2.38. The fraction of sp³-hybridized carbons (Fsp3) is 0.571. The molecule has 0 radical (unpaired) electrons. The smallest absolute Gasteiger partial charge is 0.310 e. The topological polar surface area (TPSA) is 82.2 Å². The summed E-state index contributed by atoms with van der Waals surface area (Å²) in [6.07, 6.45) is 4.84. The number of hydrogen-bond acceptors (Lipinski definition) is 3. The van der Waals surface area contributed by atoms with Gasteiger partial charge in [-0.05, 0) is 25.8 Å². The number of pyridine rings is 1. The molecule has 1 aliphatic carbocycles. The Kier molecular flexibility index (Phi) is 4.50. The van der Waals surface area contributed by atoms with Crippen molar-refractivity contribution in [2.75, 3.05) is 0 Å². The molecule has 1 heterocycles. The molecule has 1 aromatic heterocycles. The van der Waals surface area contributed by atoms with E-state index in [-0.39, 0.29) is 11.6 Å². The number of aliphatic carboxylic acids is 1. The zero-order valence-electron chi connectivity index (χ0n) is 11.4. The van der Waals surface area contributed by atoms with Crippen LogP contribution in [0.1, 0.15) is 38.2 Å². The Morgan fingerprint density at radius 3 is 3.05 bits per heavy atom. The van der Waals surface area contributed by atoms with Crippen LogP contribution >= 0.6 is 11.6 Å². The molecule has 1 fully saturated rings. The summed E-state index contributed by atoms with van der Waals surface area (Å²) in [5.74, 6) is -0.783. The van der Waals surface area contributed by atoms with Crippen LogP contribution in [0.5, 0.6) is 0 Å². The number of nitrogens with one attached hydrogen (secondary N) is 2. The van der Waals surface area contributed by atoms with Crippen LogP contribution in [0, 0.1) is 5.41 Å². The van der Waals surface area contributed by atoms with Crippen molar-refractivity contribution in [1.29, 1.82) is 0 Å². The highest BCUT2D eigenvalue weighted by Gasteiger charge is 2.42. The van der Waals surface area contributed by atoms with Gasteiger partial charge < -0.3 is 15.4 Å². The van der Waals surface area contributed by atoms with E-state index in [9.17, 15) is 14.7 Å². The van der Waals surface area contributed by atoms with E-state index < -0.39 is 11.4 Å². The summed E-state index contributed by atoms with van der Waals surface area (Å²) in [5.41, 5.74) is -0.450. The Labute approximate surface area is 122 Å². The molecule has 2 atom stereocenters. The van der Waals surface area contributed by atoms with Gasteiger partial charge in [0, 0.05) is 24.3 Å². The second-order valence-corrected chi connectivity index (χ2v) is 6.01. The summed E-state index contributed by atoms with van der Waals surface area (Å²) in [6, 6.07) is 1.47. The first-order valence-electron chi connectivity index (χ1n) is 6.77. The minimum Gasteiger partial charge on any atom is -0.481 e.